The molecule has 2 aliphatic rings. The lowest BCUT2D eigenvalue weighted by molar-refractivity contribution is 0.0755. The number of nitrogens with two attached hydrogens (primary N) is 1. The smallest absolute Gasteiger partial charge is 0.253 e. The normalized spacial score (nSPS) is 27.0. The van der Waals surface area contributed by atoms with E-state index in [0.29, 0.717) is 23.4 Å². The third-order valence-corrected chi connectivity index (χ3v) is 5.45. The van der Waals surface area contributed by atoms with Crippen LogP contribution < -0.4 is 11.1 Å². The predicted molar refractivity (Wildman–Crippen MR) is 105 cm³/mol. The van der Waals surface area contributed by atoms with E-state index >= 15 is 0 Å². The number of nitrogens with one attached hydrogen (secondary N) is 1. The monoisotopic (exact) mass is 397 g/mol. The van der Waals surface area contributed by atoms with Crippen molar-refractivity contribution in [2.24, 2.45) is 17.6 Å². The number of pyridine rings is 1. The molecule has 8 heteroatoms. The summed E-state index contributed by atoms with van der Waals surface area (Å²) in [5.74, 6) is 1.77. The van der Waals surface area contributed by atoms with Gasteiger partial charge in [0.05, 0.1) is 5.56 Å². The second kappa shape index (κ2) is 8.84. The lowest BCUT2D eigenvalue weighted by atomic mass is 9.67. The van der Waals surface area contributed by atoms with Gasteiger partial charge in [0.15, 0.2) is 0 Å². The summed E-state index contributed by atoms with van der Waals surface area (Å²) in [6.07, 6.45) is 12.5. The van der Waals surface area contributed by atoms with Crippen molar-refractivity contribution >= 4 is 30.7 Å². The largest absolute Gasteiger partial charge is 0.349 e. The maximum atomic E-state index is 12.6. The zero-order valence-electron chi connectivity index (χ0n) is 14.5. The van der Waals surface area contributed by atoms with E-state index in [1.165, 1.54) is 19.3 Å². The number of halogens is 2. The quantitative estimate of drug-likeness (QED) is 0.833. The molecule has 6 nitrogen and oxygen atoms in total. The lowest BCUT2D eigenvalue weighted by Crippen LogP contribution is -2.53. The summed E-state index contributed by atoms with van der Waals surface area (Å²) in [5.41, 5.74) is 6.77. The van der Waals surface area contributed by atoms with E-state index in [9.17, 15) is 4.79 Å². The first-order chi connectivity index (χ1) is 11.7. The number of hydrogen-bond acceptors (Lipinski definition) is 4. The van der Waals surface area contributed by atoms with Gasteiger partial charge in [0.2, 0.25) is 0 Å². The molecule has 142 valence electrons. The average Bonchev–Trinajstić information content (AvgIpc) is 3.10. The minimum Gasteiger partial charge on any atom is -0.349 e. The molecule has 2 fully saturated rings. The fourth-order valence-electron chi connectivity index (χ4n) is 4.33. The number of carbonyl (C=O) groups excluding carboxylic acids is 1. The SMILES string of the molecule is Cl.Cl.NC1CC2CCCC(C1)C2NC(=O)c1ccc(-n2ccnc2)nc1. The van der Waals surface area contributed by atoms with Crippen LogP contribution in [0.15, 0.2) is 37.1 Å². The molecule has 2 saturated carbocycles. The fourth-order valence-corrected chi connectivity index (χ4v) is 4.33. The van der Waals surface area contributed by atoms with E-state index in [2.05, 4.69) is 15.3 Å². The number of nitrogens with zero attached hydrogens (tertiary/aromatic N) is 3. The Bertz CT molecular complexity index is 693. The van der Waals surface area contributed by atoms with E-state index in [0.717, 1.165) is 18.7 Å². The Balaban J connectivity index is 0.00000121. The van der Waals surface area contributed by atoms with Gasteiger partial charge >= 0.3 is 0 Å². The molecule has 0 aliphatic heterocycles. The summed E-state index contributed by atoms with van der Waals surface area (Å²) in [7, 11) is 0. The number of fused-ring (bicyclic) bond motifs is 2. The number of hydrogen-bond donors (Lipinski definition) is 2. The van der Waals surface area contributed by atoms with Crippen LogP contribution in [0.5, 0.6) is 0 Å². The molecule has 2 heterocycles. The number of rotatable bonds is 3. The van der Waals surface area contributed by atoms with Crippen molar-refractivity contribution < 1.29 is 4.79 Å². The summed E-state index contributed by atoms with van der Waals surface area (Å²) in [6.45, 7) is 0. The van der Waals surface area contributed by atoms with Crippen molar-refractivity contribution in [3.8, 4) is 5.82 Å². The highest BCUT2D eigenvalue weighted by Gasteiger charge is 2.39. The van der Waals surface area contributed by atoms with E-state index in [4.69, 9.17) is 5.73 Å². The predicted octanol–water partition coefficient (Wildman–Crippen LogP) is 2.75. The highest BCUT2D eigenvalue weighted by atomic mass is 35.5. The molecule has 2 unspecified atom stereocenters. The zero-order valence-corrected chi connectivity index (χ0v) is 16.1. The second-order valence-corrected chi connectivity index (χ2v) is 7.06. The number of carbonyl (C=O) groups is 1. The Morgan fingerprint density at radius 2 is 1.92 bits per heavy atom. The van der Waals surface area contributed by atoms with Crippen molar-refractivity contribution in [3.63, 3.8) is 0 Å². The van der Waals surface area contributed by atoms with Crippen LogP contribution in [0.3, 0.4) is 0 Å². The topological polar surface area (TPSA) is 85.8 Å². The third-order valence-electron chi connectivity index (χ3n) is 5.45. The van der Waals surface area contributed by atoms with E-state index < -0.39 is 0 Å². The van der Waals surface area contributed by atoms with Gasteiger partial charge in [0.1, 0.15) is 12.1 Å². The molecule has 3 N–H and O–H groups in total. The van der Waals surface area contributed by atoms with Crippen LogP contribution in [-0.4, -0.2) is 32.5 Å². The van der Waals surface area contributed by atoms with Crippen molar-refractivity contribution in [1.29, 1.82) is 0 Å². The molecule has 2 aromatic heterocycles. The third kappa shape index (κ3) is 4.19. The lowest BCUT2D eigenvalue weighted by Gasteiger charge is -2.45. The van der Waals surface area contributed by atoms with Crippen LogP contribution in [0, 0.1) is 11.8 Å². The summed E-state index contributed by atoms with van der Waals surface area (Å²) in [4.78, 5) is 21.0. The minimum absolute atomic E-state index is 0. The van der Waals surface area contributed by atoms with Crippen LogP contribution in [0.25, 0.3) is 5.82 Å². The molecule has 0 radical (unpaired) electrons. The molecule has 2 aliphatic carbocycles. The van der Waals surface area contributed by atoms with Crippen molar-refractivity contribution in [2.75, 3.05) is 0 Å². The summed E-state index contributed by atoms with van der Waals surface area (Å²) in [6, 6.07) is 4.22. The van der Waals surface area contributed by atoms with Crippen molar-refractivity contribution in [2.45, 2.75) is 44.2 Å². The van der Waals surface area contributed by atoms with Crippen LogP contribution >= 0.6 is 24.8 Å². The Hall–Kier alpha value is -1.63. The number of amides is 1. The summed E-state index contributed by atoms with van der Waals surface area (Å²) >= 11 is 0. The first kappa shape index (κ1) is 20.7. The Kier molecular flexibility index (Phi) is 7.03. The van der Waals surface area contributed by atoms with Gasteiger partial charge in [0, 0.05) is 30.7 Å². The van der Waals surface area contributed by atoms with Gasteiger partial charge in [-0.25, -0.2) is 9.97 Å². The van der Waals surface area contributed by atoms with E-state index in [1.807, 2.05) is 22.9 Å². The van der Waals surface area contributed by atoms with Gasteiger partial charge in [-0.3, -0.25) is 9.36 Å². The van der Waals surface area contributed by atoms with Crippen LogP contribution in [-0.2, 0) is 0 Å². The molecule has 2 bridgehead atoms. The molecular formula is C18H25Cl2N5O. The number of imidazole rings is 1. The van der Waals surface area contributed by atoms with Gasteiger partial charge in [-0.05, 0) is 49.7 Å². The highest BCUT2D eigenvalue weighted by Crippen LogP contribution is 2.39. The maximum Gasteiger partial charge on any atom is 0.253 e. The first-order valence-electron chi connectivity index (χ1n) is 8.71. The fraction of sp³-hybridized carbons (Fsp3) is 0.500. The van der Waals surface area contributed by atoms with Gasteiger partial charge in [0.25, 0.3) is 5.91 Å². The highest BCUT2D eigenvalue weighted by molar-refractivity contribution is 5.94. The van der Waals surface area contributed by atoms with E-state index in [1.54, 1.807) is 18.7 Å². The number of aromatic nitrogens is 3. The van der Waals surface area contributed by atoms with Crippen molar-refractivity contribution in [3.05, 3.63) is 42.6 Å². The van der Waals surface area contributed by atoms with Gasteiger partial charge in [-0.15, -0.1) is 24.8 Å². The standard InChI is InChI=1S/C18H23N5O.2ClH/c19-15-8-12-2-1-3-13(9-15)17(12)22-18(24)14-4-5-16(21-10-14)23-7-6-20-11-23;;/h4-7,10-13,15,17H,1-3,8-9,19H2,(H,22,24);2*1H. The molecule has 0 aromatic carbocycles. The molecule has 0 saturated heterocycles. The van der Waals surface area contributed by atoms with Gasteiger partial charge < -0.3 is 11.1 Å². The van der Waals surface area contributed by atoms with E-state index in [-0.39, 0.29) is 36.8 Å². The first-order valence-corrected chi connectivity index (χ1v) is 8.71. The Morgan fingerprint density at radius 3 is 2.50 bits per heavy atom. The van der Waals surface area contributed by atoms with Crippen LogP contribution in [0.2, 0.25) is 0 Å². The van der Waals surface area contributed by atoms with Crippen LogP contribution in [0.1, 0.15) is 42.5 Å². The Morgan fingerprint density at radius 1 is 1.19 bits per heavy atom. The second-order valence-electron chi connectivity index (χ2n) is 7.06. The molecule has 2 aromatic rings. The average molecular weight is 398 g/mol. The molecule has 0 spiro atoms. The van der Waals surface area contributed by atoms with Crippen molar-refractivity contribution in [1.82, 2.24) is 19.9 Å². The summed E-state index contributed by atoms with van der Waals surface area (Å²) < 4.78 is 1.81. The van der Waals surface area contributed by atoms with Gasteiger partial charge in [-0.2, -0.15) is 0 Å². The molecule has 4 rings (SSSR count). The van der Waals surface area contributed by atoms with Gasteiger partial charge in [-0.1, -0.05) is 6.42 Å². The molecule has 2 atom stereocenters. The maximum absolute atomic E-state index is 12.6. The zero-order chi connectivity index (χ0) is 16.5. The summed E-state index contributed by atoms with van der Waals surface area (Å²) in [5, 5.41) is 3.26. The minimum atomic E-state index is -0.0305. The molecule has 26 heavy (non-hydrogen) atoms. The van der Waals surface area contributed by atoms with Crippen LogP contribution in [0.4, 0.5) is 0 Å². The molecule has 1 amide bonds. The Labute approximate surface area is 165 Å². The molecular weight excluding hydrogens is 373 g/mol.